The van der Waals surface area contributed by atoms with Gasteiger partial charge in [0.05, 0.1) is 0 Å². The van der Waals surface area contributed by atoms with Crippen molar-refractivity contribution in [3.8, 4) is 0 Å². The van der Waals surface area contributed by atoms with E-state index in [0.29, 0.717) is 17.1 Å². The van der Waals surface area contributed by atoms with E-state index >= 15 is 0 Å². The van der Waals surface area contributed by atoms with E-state index in [2.05, 4.69) is 10.3 Å². The number of aromatic amines is 1. The van der Waals surface area contributed by atoms with Crippen LogP contribution in [0.1, 0.15) is 15.9 Å². The number of nitrogens with zero attached hydrogens (tertiary/aromatic N) is 1. The Hall–Kier alpha value is -2.72. The van der Waals surface area contributed by atoms with Crippen LogP contribution in [-0.2, 0) is 13.5 Å². The lowest BCUT2D eigenvalue weighted by molar-refractivity contribution is 0.0956. The number of carbonyl (C=O) groups excluding carboxylic acids is 1. The van der Waals surface area contributed by atoms with Gasteiger partial charge in [0.25, 0.3) is 5.91 Å². The summed E-state index contributed by atoms with van der Waals surface area (Å²) in [4.78, 5) is 15.8. The maximum atomic E-state index is 12.6. The first kappa shape index (κ1) is 15.8. The number of amides is 1. The van der Waals surface area contributed by atoms with Gasteiger partial charge < -0.3 is 14.9 Å². The number of nitrogens with one attached hydrogen (secondary N) is 2. The first-order valence-corrected chi connectivity index (χ1v) is 8.59. The summed E-state index contributed by atoms with van der Waals surface area (Å²) in [5, 5.41) is 5.82. The van der Waals surface area contributed by atoms with E-state index in [-0.39, 0.29) is 5.91 Å². The van der Waals surface area contributed by atoms with Crippen molar-refractivity contribution in [1.29, 1.82) is 0 Å². The Balaban J connectivity index is 1.49. The quantitative estimate of drug-likeness (QED) is 0.566. The number of carbonyl (C=O) groups is 1. The van der Waals surface area contributed by atoms with Gasteiger partial charge in [0, 0.05) is 58.4 Å². The monoisotopic (exact) mass is 351 g/mol. The van der Waals surface area contributed by atoms with Gasteiger partial charge in [0.2, 0.25) is 0 Å². The summed E-state index contributed by atoms with van der Waals surface area (Å²) in [5.74, 6) is -0.0466. The van der Waals surface area contributed by atoms with Crippen molar-refractivity contribution in [3.63, 3.8) is 0 Å². The average molecular weight is 352 g/mol. The Bertz CT molecular complexity index is 1080. The summed E-state index contributed by atoms with van der Waals surface area (Å²) in [6, 6.07) is 13.6. The molecular weight excluding hydrogens is 334 g/mol. The third-order valence-electron chi connectivity index (χ3n) is 4.58. The Morgan fingerprint density at radius 1 is 1.20 bits per heavy atom. The van der Waals surface area contributed by atoms with Crippen molar-refractivity contribution in [1.82, 2.24) is 14.9 Å². The SMILES string of the molecule is Cn1ccc2c(C(=O)NCCc3c[nH]c4ccc(Cl)cc34)cccc21. The highest BCUT2D eigenvalue weighted by Crippen LogP contribution is 2.23. The summed E-state index contributed by atoms with van der Waals surface area (Å²) in [7, 11) is 1.98. The standard InChI is InChI=1S/C20H18ClN3O/c1-24-10-8-15-16(3-2-4-19(15)24)20(25)22-9-7-13-12-23-18-6-5-14(21)11-17(13)18/h2-6,8,10-12,23H,7,9H2,1H3,(H,22,25). The van der Waals surface area contributed by atoms with Crippen molar-refractivity contribution in [2.45, 2.75) is 6.42 Å². The molecule has 0 radical (unpaired) electrons. The Labute approximate surface area is 150 Å². The Morgan fingerprint density at radius 2 is 2.08 bits per heavy atom. The highest BCUT2D eigenvalue weighted by atomic mass is 35.5. The molecule has 4 rings (SSSR count). The molecule has 0 saturated heterocycles. The summed E-state index contributed by atoms with van der Waals surface area (Å²) < 4.78 is 2.02. The van der Waals surface area contributed by atoms with Crippen LogP contribution in [0.4, 0.5) is 0 Å². The predicted molar refractivity (Wildman–Crippen MR) is 102 cm³/mol. The van der Waals surface area contributed by atoms with Crippen molar-refractivity contribution < 1.29 is 4.79 Å². The van der Waals surface area contributed by atoms with Gasteiger partial charge in [-0.25, -0.2) is 0 Å². The van der Waals surface area contributed by atoms with Crippen LogP contribution in [0.3, 0.4) is 0 Å². The molecule has 2 heterocycles. The molecule has 4 aromatic rings. The maximum absolute atomic E-state index is 12.6. The molecule has 0 bridgehead atoms. The number of fused-ring (bicyclic) bond motifs is 2. The maximum Gasteiger partial charge on any atom is 0.251 e. The molecule has 0 saturated carbocycles. The van der Waals surface area contributed by atoms with Crippen LogP contribution in [0.5, 0.6) is 0 Å². The normalized spacial score (nSPS) is 11.3. The van der Waals surface area contributed by atoms with Crippen LogP contribution in [-0.4, -0.2) is 22.0 Å². The van der Waals surface area contributed by atoms with Crippen molar-refractivity contribution >= 4 is 39.3 Å². The number of hydrogen-bond donors (Lipinski definition) is 2. The summed E-state index contributed by atoms with van der Waals surface area (Å²) in [6.07, 6.45) is 4.69. The van der Waals surface area contributed by atoms with Gasteiger partial charge in [-0.2, -0.15) is 0 Å². The molecule has 5 heteroatoms. The van der Waals surface area contributed by atoms with E-state index in [4.69, 9.17) is 11.6 Å². The predicted octanol–water partition coefficient (Wildman–Crippen LogP) is 4.29. The molecule has 0 unspecified atom stereocenters. The molecule has 0 atom stereocenters. The number of aryl methyl sites for hydroxylation is 1. The largest absolute Gasteiger partial charge is 0.361 e. The lowest BCUT2D eigenvalue weighted by atomic mass is 10.1. The van der Waals surface area contributed by atoms with Crippen molar-refractivity contribution in [2.24, 2.45) is 7.05 Å². The second-order valence-corrected chi connectivity index (χ2v) is 6.61. The Kier molecular flexibility index (Phi) is 3.98. The third-order valence-corrected chi connectivity index (χ3v) is 4.82. The fourth-order valence-electron chi connectivity index (χ4n) is 3.26. The van der Waals surface area contributed by atoms with E-state index in [1.807, 2.05) is 66.5 Å². The van der Waals surface area contributed by atoms with Crippen LogP contribution >= 0.6 is 11.6 Å². The summed E-state index contributed by atoms with van der Waals surface area (Å²) >= 11 is 6.08. The Morgan fingerprint density at radius 3 is 2.96 bits per heavy atom. The second-order valence-electron chi connectivity index (χ2n) is 6.17. The minimum absolute atomic E-state index is 0.0466. The van der Waals surface area contributed by atoms with E-state index in [1.165, 1.54) is 0 Å². The molecule has 0 fully saturated rings. The molecule has 126 valence electrons. The molecule has 2 aromatic carbocycles. The topological polar surface area (TPSA) is 49.8 Å². The van der Waals surface area contributed by atoms with Crippen molar-refractivity contribution in [3.05, 3.63) is 71.0 Å². The molecule has 0 aliphatic heterocycles. The lowest BCUT2D eigenvalue weighted by Gasteiger charge is -2.07. The zero-order chi connectivity index (χ0) is 17.4. The van der Waals surface area contributed by atoms with Gasteiger partial charge in [-0.1, -0.05) is 17.7 Å². The molecule has 0 spiro atoms. The number of halogens is 1. The second kappa shape index (κ2) is 6.30. The summed E-state index contributed by atoms with van der Waals surface area (Å²) in [6.45, 7) is 0.571. The zero-order valence-electron chi connectivity index (χ0n) is 13.8. The van der Waals surface area contributed by atoms with Gasteiger partial charge in [-0.05, 0) is 48.4 Å². The molecule has 4 nitrogen and oxygen atoms in total. The number of benzene rings is 2. The molecule has 1 amide bonds. The highest BCUT2D eigenvalue weighted by molar-refractivity contribution is 6.31. The zero-order valence-corrected chi connectivity index (χ0v) is 14.6. The van der Waals surface area contributed by atoms with Gasteiger partial charge in [0.15, 0.2) is 0 Å². The first-order chi connectivity index (χ1) is 12.1. The van der Waals surface area contributed by atoms with Crippen LogP contribution in [0.2, 0.25) is 5.02 Å². The van der Waals surface area contributed by atoms with Crippen LogP contribution in [0, 0.1) is 0 Å². The molecule has 2 N–H and O–H groups in total. The number of hydrogen-bond acceptors (Lipinski definition) is 1. The minimum Gasteiger partial charge on any atom is -0.361 e. The molecule has 25 heavy (non-hydrogen) atoms. The van der Waals surface area contributed by atoms with Crippen LogP contribution in [0.15, 0.2) is 54.9 Å². The number of aromatic nitrogens is 2. The van der Waals surface area contributed by atoms with Crippen molar-refractivity contribution in [2.75, 3.05) is 6.54 Å². The molecule has 0 aliphatic rings. The van der Waals surface area contributed by atoms with Gasteiger partial charge in [-0.3, -0.25) is 4.79 Å². The summed E-state index contributed by atoms with van der Waals surface area (Å²) in [5.41, 5.74) is 3.97. The number of rotatable bonds is 4. The number of H-pyrrole nitrogens is 1. The molecule has 0 aliphatic carbocycles. The van der Waals surface area contributed by atoms with E-state index in [1.54, 1.807) is 0 Å². The highest BCUT2D eigenvalue weighted by Gasteiger charge is 2.11. The first-order valence-electron chi connectivity index (χ1n) is 8.21. The van der Waals surface area contributed by atoms with E-state index in [9.17, 15) is 4.79 Å². The smallest absolute Gasteiger partial charge is 0.251 e. The molecule has 2 aromatic heterocycles. The van der Waals surface area contributed by atoms with Crippen LogP contribution in [0.25, 0.3) is 21.8 Å². The van der Waals surface area contributed by atoms with E-state index < -0.39 is 0 Å². The van der Waals surface area contributed by atoms with Gasteiger partial charge in [0.1, 0.15) is 0 Å². The average Bonchev–Trinajstić information content (AvgIpc) is 3.19. The van der Waals surface area contributed by atoms with Gasteiger partial charge in [-0.15, -0.1) is 0 Å². The minimum atomic E-state index is -0.0466. The molecular formula is C20H18ClN3O. The van der Waals surface area contributed by atoms with E-state index in [0.717, 1.165) is 33.8 Å². The fourth-order valence-corrected chi connectivity index (χ4v) is 3.44. The fraction of sp³-hybridized carbons (Fsp3) is 0.150. The third kappa shape index (κ3) is 2.89. The van der Waals surface area contributed by atoms with Gasteiger partial charge >= 0.3 is 0 Å². The van der Waals surface area contributed by atoms with Crippen LogP contribution < -0.4 is 5.32 Å². The lowest BCUT2D eigenvalue weighted by Crippen LogP contribution is -2.25.